The minimum absolute atomic E-state index is 0.240. The van der Waals surface area contributed by atoms with Gasteiger partial charge in [-0.25, -0.2) is 0 Å². The van der Waals surface area contributed by atoms with Crippen LogP contribution in [-0.4, -0.2) is 35.5 Å². The molecule has 3 aliphatic rings. The minimum atomic E-state index is -0.263. The molecular weight excluding hydrogens is 300 g/mol. The Balaban J connectivity index is 1.48. The number of benzene rings is 1. The number of rotatable bonds is 4. The quantitative estimate of drug-likeness (QED) is 0.922. The van der Waals surface area contributed by atoms with Crippen LogP contribution < -0.4 is 10.1 Å². The second-order valence-electron chi connectivity index (χ2n) is 7.59. The summed E-state index contributed by atoms with van der Waals surface area (Å²) in [6, 6.07) is 8.49. The number of amides is 1. The van der Waals surface area contributed by atoms with E-state index >= 15 is 0 Å². The van der Waals surface area contributed by atoms with Crippen molar-refractivity contribution in [3.8, 4) is 5.75 Å². The van der Waals surface area contributed by atoms with Gasteiger partial charge in [0, 0.05) is 19.6 Å². The maximum absolute atomic E-state index is 12.5. The van der Waals surface area contributed by atoms with Crippen LogP contribution in [-0.2, 0) is 11.3 Å². The topological polar surface area (TPSA) is 41.6 Å². The molecule has 1 spiro atoms. The zero-order valence-electron chi connectivity index (χ0n) is 14.4. The van der Waals surface area contributed by atoms with Gasteiger partial charge in [0.1, 0.15) is 11.3 Å². The van der Waals surface area contributed by atoms with E-state index in [0.29, 0.717) is 6.10 Å². The Morgan fingerprint density at radius 2 is 1.96 bits per heavy atom. The van der Waals surface area contributed by atoms with Crippen molar-refractivity contribution >= 4 is 5.91 Å². The summed E-state index contributed by atoms with van der Waals surface area (Å²) in [5.41, 5.74) is 0.993. The van der Waals surface area contributed by atoms with Crippen molar-refractivity contribution in [3.05, 3.63) is 29.8 Å². The van der Waals surface area contributed by atoms with Crippen LogP contribution in [0.2, 0.25) is 0 Å². The Kier molecular flexibility index (Phi) is 4.49. The van der Waals surface area contributed by atoms with Crippen LogP contribution in [0.3, 0.4) is 0 Å². The Morgan fingerprint density at radius 3 is 2.75 bits per heavy atom. The van der Waals surface area contributed by atoms with Gasteiger partial charge in [-0.05, 0) is 56.2 Å². The first kappa shape index (κ1) is 15.9. The van der Waals surface area contributed by atoms with E-state index in [1.165, 1.54) is 31.2 Å². The molecular formula is C20H28N2O2. The average molecular weight is 328 g/mol. The molecule has 4 nitrogen and oxygen atoms in total. The van der Waals surface area contributed by atoms with E-state index in [9.17, 15) is 4.79 Å². The van der Waals surface area contributed by atoms with Crippen molar-refractivity contribution in [3.63, 3.8) is 0 Å². The van der Waals surface area contributed by atoms with Crippen molar-refractivity contribution in [2.24, 2.45) is 0 Å². The molecule has 1 amide bonds. The van der Waals surface area contributed by atoms with E-state index in [1.54, 1.807) is 0 Å². The number of carbonyl (C=O) groups excluding carboxylic acids is 1. The minimum Gasteiger partial charge on any atom is -0.490 e. The van der Waals surface area contributed by atoms with Gasteiger partial charge >= 0.3 is 0 Å². The lowest BCUT2D eigenvalue weighted by atomic mass is 9.91. The summed E-state index contributed by atoms with van der Waals surface area (Å²) < 4.78 is 6.15. The third-order valence-electron chi connectivity index (χ3n) is 6.00. The highest BCUT2D eigenvalue weighted by molar-refractivity contribution is 5.87. The summed E-state index contributed by atoms with van der Waals surface area (Å²) in [7, 11) is 0. The molecule has 3 fully saturated rings. The number of piperazine rings is 1. The standard InChI is InChI=1S/C20H28N2O2/c23-19-20(10-3-4-11-20)22(13-12-21-19)15-16-6-5-9-18(14-16)24-17-7-1-2-8-17/h5-6,9,14,17H,1-4,7-8,10-13,15H2,(H,21,23). The van der Waals surface area contributed by atoms with E-state index in [4.69, 9.17) is 4.74 Å². The summed E-state index contributed by atoms with van der Waals surface area (Å²) in [6.07, 6.45) is 9.64. The molecule has 1 N–H and O–H groups in total. The van der Waals surface area contributed by atoms with E-state index < -0.39 is 0 Å². The Morgan fingerprint density at radius 1 is 1.17 bits per heavy atom. The fraction of sp³-hybridized carbons (Fsp3) is 0.650. The van der Waals surface area contributed by atoms with Crippen molar-refractivity contribution < 1.29 is 9.53 Å². The molecule has 1 aliphatic heterocycles. The molecule has 2 saturated carbocycles. The molecule has 1 aromatic carbocycles. The van der Waals surface area contributed by atoms with Gasteiger partial charge in [0.25, 0.3) is 0 Å². The molecule has 24 heavy (non-hydrogen) atoms. The monoisotopic (exact) mass is 328 g/mol. The maximum Gasteiger partial charge on any atom is 0.240 e. The molecule has 1 aromatic rings. The molecule has 130 valence electrons. The predicted octanol–water partition coefficient (Wildman–Crippen LogP) is 3.25. The lowest BCUT2D eigenvalue weighted by Gasteiger charge is -2.43. The lowest BCUT2D eigenvalue weighted by molar-refractivity contribution is -0.137. The summed E-state index contributed by atoms with van der Waals surface area (Å²) in [4.78, 5) is 14.9. The van der Waals surface area contributed by atoms with Gasteiger partial charge < -0.3 is 10.1 Å². The summed E-state index contributed by atoms with van der Waals surface area (Å²) in [5.74, 6) is 1.23. The second kappa shape index (κ2) is 6.75. The highest BCUT2D eigenvalue weighted by Gasteiger charge is 2.47. The van der Waals surface area contributed by atoms with Crippen LogP contribution in [0.15, 0.2) is 24.3 Å². The largest absolute Gasteiger partial charge is 0.490 e. The van der Waals surface area contributed by atoms with Crippen molar-refractivity contribution in [2.45, 2.75) is 69.6 Å². The van der Waals surface area contributed by atoms with Crippen LogP contribution >= 0.6 is 0 Å². The SMILES string of the molecule is O=C1NCCN(Cc2cccc(OC3CCCC3)c2)C12CCCC2. The molecule has 4 rings (SSSR count). The Labute approximate surface area is 144 Å². The molecule has 0 unspecified atom stereocenters. The van der Waals surface area contributed by atoms with Crippen molar-refractivity contribution in [1.29, 1.82) is 0 Å². The number of nitrogens with one attached hydrogen (secondary N) is 1. The molecule has 1 saturated heterocycles. The molecule has 0 atom stereocenters. The summed E-state index contributed by atoms with van der Waals surface area (Å²) >= 11 is 0. The number of ether oxygens (including phenoxy) is 1. The zero-order chi connectivity index (χ0) is 16.4. The van der Waals surface area contributed by atoms with Gasteiger partial charge in [-0.1, -0.05) is 25.0 Å². The smallest absolute Gasteiger partial charge is 0.240 e. The second-order valence-corrected chi connectivity index (χ2v) is 7.59. The van der Waals surface area contributed by atoms with E-state index in [1.807, 2.05) is 0 Å². The van der Waals surface area contributed by atoms with Gasteiger partial charge in [0.05, 0.1) is 6.10 Å². The van der Waals surface area contributed by atoms with Gasteiger partial charge in [-0.2, -0.15) is 0 Å². The van der Waals surface area contributed by atoms with E-state index in [0.717, 1.165) is 51.1 Å². The van der Waals surface area contributed by atoms with E-state index in [2.05, 4.69) is 34.5 Å². The van der Waals surface area contributed by atoms with Gasteiger partial charge in [-0.3, -0.25) is 9.69 Å². The normalized spacial score (nSPS) is 24.4. The Bertz CT molecular complexity index is 589. The summed E-state index contributed by atoms with van der Waals surface area (Å²) in [5, 5.41) is 3.08. The van der Waals surface area contributed by atoms with Gasteiger partial charge in [-0.15, -0.1) is 0 Å². The number of nitrogens with zero attached hydrogens (tertiary/aromatic N) is 1. The molecule has 2 aliphatic carbocycles. The van der Waals surface area contributed by atoms with Gasteiger partial charge in [0.15, 0.2) is 0 Å². The van der Waals surface area contributed by atoms with E-state index in [-0.39, 0.29) is 11.4 Å². The summed E-state index contributed by atoms with van der Waals surface area (Å²) in [6.45, 7) is 2.55. The van der Waals surface area contributed by atoms with Crippen LogP contribution in [0.25, 0.3) is 0 Å². The Hall–Kier alpha value is -1.55. The number of carbonyl (C=O) groups is 1. The third-order valence-corrected chi connectivity index (χ3v) is 6.00. The molecule has 0 radical (unpaired) electrons. The fourth-order valence-electron chi connectivity index (χ4n) is 4.70. The molecule has 0 aromatic heterocycles. The lowest BCUT2D eigenvalue weighted by Crippen LogP contribution is -2.63. The zero-order valence-corrected chi connectivity index (χ0v) is 14.4. The highest BCUT2D eigenvalue weighted by Crippen LogP contribution is 2.38. The van der Waals surface area contributed by atoms with Crippen molar-refractivity contribution in [1.82, 2.24) is 10.2 Å². The van der Waals surface area contributed by atoms with Gasteiger partial charge in [0.2, 0.25) is 5.91 Å². The third kappa shape index (κ3) is 3.04. The van der Waals surface area contributed by atoms with Crippen LogP contribution in [0.5, 0.6) is 5.75 Å². The maximum atomic E-state index is 12.5. The van der Waals surface area contributed by atoms with Crippen molar-refractivity contribution in [2.75, 3.05) is 13.1 Å². The first-order chi connectivity index (χ1) is 11.8. The predicted molar refractivity (Wildman–Crippen MR) is 93.9 cm³/mol. The first-order valence-electron chi connectivity index (χ1n) is 9.55. The van der Waals surface area contributed by atoms with Crippen LogP contribution in [0.4, 0.5) is 0 Å². The average Bonchev–Trinajstić information content (AvgIpc) is 3.25. The number of hydrogen-bond donors (Lipinski definition) is 1. The molecule has 4 heteroatoms. The fourth-order valence-corrected chi connectivity index (χ4v) is 4.70. The number of hydrogen-bond acceptors (Lipinski definition) is 3. The highest BCUT2D eigenvalue weighted by atomic mass is 16.5. The van der Waals surface area contributed by atoms with Crippen LogP contribution in [0.1, 0.15) is 56.9 Å². The molecule has 1 heterocycles. The van der Waals surface area contributed by atoms with Crippen LogP contribution in [0, 0.1) is 0 Å². The molecule has 0 bridgehead atoms. The first-order valence-corrected chi connectivity index (χ1v) is 9.55.